The molecule has 5 nitrogen and oxygen atoms in total. The van der Waals surface area contributed by atoms with Gasteiger partial charge in [0.25, 0.3) is 0 Å². The van der Waals surface area contributed by atoms with E-state index in [1.807, 2.05) is 13.0 Å². The van der Waals surface area contributed by atoms with Gasteiger partial charge in [-0.1, -0.05) is 6.07 Å². The summed E-state index contributed by atoms with van der Waals surface area (Å²) in [6, 6.07) is 5.23. The Morgan fingerprint density at radius 2 is 2.24 bits per heavy atom. The van der Waals surface area contributed by atoms with Crippen molar-refractivity contribution in [1.82, 2.24) is 14.8 Å². The number of carboxylic acids is 1. The van der Waals surface area contributed by atoms with Crippen LogP contribution in [0.4, 0.5) is 0 Å². The molecule has 0 aliphatic carbocycles. The molecule has 88 valence electrons. The van der Waals surface area contributed by atoms with Gasteiger partial charge in [0, 0.05) is 11.9 Å². The third-order valence-corrected chi connectivity index (χ3v) is 3.35. The second kappa shape index (κ2) is 4.58. The highest BCUT2D eigenvalue weighted by Crippen LogP contribution is 2.29. The van der Waals surface area contributed by atoms with Crippen LogP contribution in [-0.4, -0.2) is 25.8 Å². The Balaban J connectivity index is 2.41. The molecule has 0 saturated heterocycles. The highest BCUT2D eigenvalue weighted by atomic mass is 32.2. The molecule has 0 fully saturated rings. The second-order valence-electron chi connectivity index (χ2n) is 3.57. The number of nitrogens with zero attached hydrogens (tertiary/aromatic N) is 3. The SMILES string of the molecule is Cc1ccc(C(=O)O)c(Sc2ncnn2C)c1. The monoisotopic (exact) mass is 249 g/mol. The third kappa shape index (κ3) is 2.47. The third-order valence-electron chi connectivity index (χ3n) is 2.24. The number of hydrogen-bond acceptors (Lipinski definition) is 4. The average molecular weight is 249 g/mol. The molecular formula is C11H11N3O2S. The minimum Gasteiger partial charge on any atom is -0.478 e. The summed E-state index contributed by atoms with van der Waals surface area (Å²) in [6.45, 7) is 1.92. The molecule has 0 aliphatic rings. The first kappa shape index (κ1) is 11.7. The Hall–Kier alpha value is -1.82. The van der Waals surface area contributed by atoms with E-state index < -0.39 is 5.97 Å². The molecule has 1 heterocycles. The van der Waals surface area contributed by atoms with E-state index >= 15 is 0 Å². The zero-order valence-electron chi connectivity index (χ0n) is 9.41. The van der Waals surface area contributed by atoms with Crippen molar-refractivity contribution in [3.63, 3.8) is 0 Å². The van der Waals surface area contributed by atoms with Crippen molar-refractivity contribution in [3.05, 3.63) is 35.7 Å². The van der Waals surface area contributed by atoms with Crippen LogP contribution in [0.2, 0.25) is 0 Å². The highest BCUT2D eigenvalue weighted by molar-refractivity contribution is 7.99. The van der Waals surface area contributed by atoms with Gasteiger partial charge in [-0.05, 0) is 36.4 Å². The Morgan fingerprint density at radius 3 is 2.82 bits per heavy atom. The van der Waals surface area contributed by atoms with Crippen molar-refractivity contribution in [1.29, 1.82) is 0 Å². The minimum absolute atomic E-state index is 0.281. The van der Waals surface area contributed by atoms with Gasteiger partial charge in [-0.2, -0.15) is 5.10 Å². The summed E-state index contributed by atoms with van der Waals surface area (Å²) in [5, 5.41) is 13.7. The van der Waals surface area contributed by atoms with Crippen LogP contribution in [-0.2, 0) is 7.05 Å². The Kier molecular flexibility index (Phi) is 3.14. The topological polar surface area (TPSA) is 68.0 Å². The first-order chi connectivity index (χ1) is 8.08. The number of benzene rings is 1. The van der Waals surface area contributed by atoms with Gasteiger partial charge in [-0.15, -0.1) is 0 Å². The zero-order chi connectivity index (χ0) is 12.4. The molecule has 1 N–H and O–H groups in total. The average Bonchev–Trinajstić information content (AvgIpc) is 2.64. The van der Waals surface area contributed by atoms with Gasteiger partial charge in [0.1, 0.15) is 6.33 Å². The highest BCUT2D eigenvalue weighted by Gasteiger charge is 2.13. The summed E-state index contributed by atoms with van der Waals surface area (Å²) < 4.78 is 1.61. The summed E-state index contributed by atoms with van der Waals surface area (Å²) in [7, 11) is 1.77. The normalized spacial score (nSPS) is 10.5. The maximum absolute atomic E-state index is 11.1. The first-order valence-corrected chi connectivity index (χ1v) is 5.75. The fraction of sp³-hybridized carbons (Fsp3) is 0.182. The van der Waals surface area contributed by atoms with E-state index in [1.165, 1.54) is 18.1 Å². The summed E-state index contributed by atoms with van der Waals surface area (Å²) in [4.78, 5) is 15.8. The molecule has 0 bridgehead atoms. The lowest BCUT2D eigenvalue weighted by atomic mass is 10.1. The van der Waals surface area contributed by atoms with Gasteiger partial charge in [-0.3, -0.25) is 0 Å². The number of aromatic nitrogens is 3. The Labute approximate surface area is 102 Å². The summed E-state index contributed by atoms with van der Waals surface area (Å²) >= 11 is 1.30. The first-order valence-electron chi connectivity index (χ1n) is 4.93. The van der Waals surface area contributed by atoms with Gasteiger partial charge in [-0.25, -0.2) is 14.5 Å². The van der Waals surface area contributed by atoms with Crippen molar-refractivity contribution in [3.8, 4) is 0 Å². The summed E-state index contributed by atoms with van der Waals surface area (Å²) in [5.41, 5.74) is 1.29. The lowest BCUT2D eigenvalue weighted by molar-refractivity contribution is 0.0693. The molecule has 1 aromatic carbocycles. The maximum Gasteiger partial charge on any atom is 0.336 e. The Morgan fingerprint density at radius 1 is 1.47 bits per heavy atom. The van der Waals surface area contributed by atoms with Crippen LogP contribution >= 0.6 is 11.8 Å². The molecule has 0 amide bonds. The number of hydrogen-bond donors (Lipinski definition) is 1. The van der Waals surface area contributed by atoms with Crippen molar-refractivity contribution < 1.29 is 9.90 Å². The zero-order valence-corrected chi connectivity index (χ0v) is 10.2. The van der Waals surface area contributed by atoms with Gasteiger partial charge >= 0.3 is 5.97 Å². The molecule has 2 rings (SSSR count). The maximum atomic E-state index is 11.1. The predicted octanol–water partition coefficient (Wildman–Crippen LogP) is 1.97. The van der Waals surface area contributed by atoms with Gasteiger partial charge < -0.3 is 5.11 Å². The van der Waals surface area contributed by atoms with E-state index in [1.54, 1.807) is 23.9 Å². The molecule has 2 aromatic rings. The molecule has 17 heavy (non-hydrogen) atoms. The van der Waals surface area contributed by atoms with Crippen molar-refractivity contribution in [2.45, 2.75) is 17.0 Å². The summed E-state index contributed by atoms with van der Waals surface area (Å²) in [5.74, 6) is -0.935. The van der Waals surface area contributed by atoms with Crippen molar-refractivity contribution in [2.75, 3.05) is 0 Å². The predicted molar refractivity (Wildman–Crippen MR) is 63.3 cm³/mol. The van der Waals surface area contributed by atoms with Crippen molar-refractivity contribution in [2.24, 2.45) is 7.05 Å². The quantitative estimate of drug-likeness (QED) is 0.900. The fourth-order valence-corrected chi connectivity index (χ4v) is 2.35. The Bertz CT molecular complexity index is 566. The lowest BCUT2D eigenvalue weighted by Crippen LogP contribution is -2.00. The van der Waals surface area contributed by atoms with Crippen LogP contribution in [0.3, 0.4) is 0 Å². The van der Waals surface area contributed by atoms with Crippen LogP contribution in [0.25, 0.3) is 0 Å². The van der Waals surface area contributed by atoms with Crippen LogP contribution in [0.15, 0.2) is 34.6 Å². The molecule has 0 atom stereocenters. The molecule has 6 heteroatoms. The van der Waals surface area contributed by atoms with Crippen molar-refractivity contribution >= 4 is 17.7 Å². The molecule has 0 spiro atoms. The minimum atomic E-state index is -0.935. The largest absolute Gasteiger partial charge is 0.478 e. The van der Waals surface area contributed by atoms with E-state index in [0.717, 1.165) is 5.56 Å². The van der Waals surface area contributed by atoms with Crippen LogP contribution in [0.5, 0.6) is 0 Å². The van der Waals surface area contributed by atoms with E-state index in [9.17, 15) is 4.79 Å². The molecule has 0 radical (unpaired) electrons. The molecule has 0 unspecified atom stereocenters. The molecule has 0 saturated carbocycles. The lowest BCUT2D eigenvalue weighted by Gasteiger charge is -2.06. The molecule has 1 aromatic heterocycles. The number of carboxylic acid groups (broad SMARTS) is 1. The van der Waals surface area contributed by atoms with E-state index in [0.29, 0.717) is 10.1 Å². The van der Waals surface area contributed by atoms with E-state index in [2.05, 4.69) is 10.1 Å². The second-order valence-corrected chi connectivity index (χ2v) is 4.58. The smallest absolute Gasteiger partial charge is 0.336 e. The van der Waals surface area contributed by atoms with E-state index in [4.69, 9.17) is 5.11 Å². The standard InChI is InChI=1S/C11H11N3O2S/c1-7-3-4-8(10(15)16)9(5-7)17-11-12-6-13-14(11)2/h3-6H,1-2H3,(H,15,16). The number of carbonyl (C=O) groups is 1. The van der Waals surface area contributed by atoms with E-state index in [-0.39, 0.29) is 5.56 Å². The number of aryl methyl sites for hydroxylation is 2. The number of rotatable bonds is 3. The summed E-state index contributed by atoms with van der Waals surface area (Å²) in [6.07, 6.45) is 1.44. The molecular weight excluding hydrogens is 238 g/mol. The van der Waals surface area contributed by atoms with Crippen LogP contribution in [0, 0.1) is 6.92 Å². The van der Waals surface area contributed by atoms with Gasteiger partial charge in [0.2, 0.25) is 0 Å². The van der Waals surface area contributed by atoms with Crippen LogP contribution < -0.4 is 0 Å². The fourth-order valence-electron chi connectivity index (χ4n) is 1.37. The van der Waals surface area contributed by atoms with Gasteiger partial charge in [0.15, 0.2) is 5.16 Å². The number of aromatic carboxylic acids is 1. The van der Waals surface area contributed by atoms with Gasteiger partial charge in [0.05, 0.1) is 5.56 Å². The molecule has 0 aliphatic heterocycles. The van der Waals surface area contributed by atoms with Crippen LogP contribution in [0.1, 0.15) is 15.9 Å².